The van der Waals surface area contributed by atoms with Gasteiger partial charge in [0.1, 0.15) is 5.69 Å². The average molecular weight is 441 g/mol. The molecule has 3 N–H and O–H groups in total. The van der Waals surface area contributed by atoms with Crippen molar-refractivity contribution in [1.82, 2.24) is 20.2 Å². The van der Waals surface area contributed by atoms with E-state index in [1.807, 2.05) is 19.1 Å². The number of hydrogen-bond acceptors (Lipinski definition) is 7. The van der Waals surface area contributed by atoms with E-state index in [0.29, 0.717) is 49.9 Å². The number of nitrogens with zero attached hydrogens (tertiary/aromatic N) is 4. The van der Waals surface area contributed by atoms with Gasteiger partial charge in [-0.05, 0) is 44.5 Å². The van der Waals surface area contributed by atoms with Gasteiger partial charge in [0.05, 0.1) is 23.9 Å². The maximum absolute atomic E-state index is 12.9. The van der Waals surface area contributed by atoms with Crippen molar-refractivity contribution < 1.29 is 14.7 Å². The first-order chi connectivity index (χ1) is 15.4. The molecule has 0 radical (unpaired) electrons. The summed E-state index contributed by atoms with van der Waals surface area (Å²) in [6.45, 7) is 8.42. The number of aliphatic hydroxyl groups excluding tert-OH is 1. The van der Waals surface area contributed by atoms with Crippen LogP contribution in [0.15, 0.2) is 36.7 Å². The first-order valence-electron chi connectivity index (χ1n) is 11.1. The van der Waals surface area contributed by atoms with Crippen LogP contribution in [0.25, 0.3) is 0 Å². The van der Waals surface area contributed by atoms with Crippen molar-refractivity contribution >= 4 is 23.3 Å². The normalized spacial score (nSPS) is 14.9. The smallest absolute Gasteiger partial charge is 0.272 e. The van der Waals surface area contributed by atoms with E-state index in [9.17, 15) is 14.7 Å². The Kier molecular flexibility index (Phi) is 7.99. The van der Waals surface area contributed by atoms with Gasteiger partial charge in [0.2, 0.25) is 0 Å². The van der Waals surface area contributed by atoms with Crippen LogP contribution < -0.4 is 15.5 Å². The van der Waals surface area contributed by atoms with E-state index >= 15 is 0 Å². The summed E-state index contributed by atoms with van der Waals surface area (Å²) in [5, 5.41) is 15.4. The molecule has 3 rings (SSSR count). The minimum absolute atomic E-state index is 0.119. The number of carbonyl (C=O) groups excluding carboxylic acids is 2. The summed E-state index contributed by atoms with van der Waals surface area (Å²) in [6.07, 6.45) is 3.82. The molecule has 9 nitrogen and oxygen atoms in total. The maximum atomic E-state index is 12.9. The number of carbonyl (C=O) groups is 2. The molecule has 2 amide bonds. The third-order valence-electron chi connectivity index (χ3n) is 5.39. The van der Waals surface area contributed by atoms with E-state index < -0.39 is 0 Å². The number of rotatable bonds is 8. The molecular weight excluding hydrogens is 408 g/mol. The highest BCUT2D eigenvalue weighted by molar-refractivity contribution is 5.96. The van der Waals surface area contributed by atoms with Gasteiger partial charge in [0.15, 0.2) is 5.82 Å². The first kappa shape index (κ1) is 23.5. The van der Waals surface area contributed by atoms with E-state index in [1.165, 1.54) is 6.20 Å². The van der Waals surface area contributed by atoms with Crippen molar-refractivity contribution in [3.8, 4) is 0 Å². The number of pyridine rings is 2. The zero-order valence-electron chi connectivity index (χ0n) is 18.9. The van der Waals surface area contributed by atoms with E-state index in [1.54, 1.807) is 23.2 Å². The van der Waals surface area contributed by atoms with Gasteiger partial charge in [0.25, 0.3) is 11.8 Å². The quantitative estimate of drug-likeness (QED) is 0.574. The van der Waals surface area contributed by atoms with Crippen LogP contribution in [0.2, 0.25) is 0 Å². The Labute approximate surface area is 188 Å². The van der Waals surface area contributed by atoms with Crippen LogP contribution in [0.4, 0.5) is 11.5 Å². The minimum atomic E-state index is -0.313. The summed E-state index contributed by atoms with van der Waals surface area (Å²) in [5.41, 5.74) is 1.66. The molecule has 1 atom stereocenters. The van der Waals surface area contributed by atoms with Crippen LogP contribution in [0, 0.1) is 0 Å². The van der Waals surface area contributed by atoms with Gasteiger partial charge in [-0.1, -0.05) is 6.92 Å². The second-order valence-electron chi connectivity index (χ2n) is 8.15. The van der Waals surface area contributed by atoms with Crippen LogP contribution >= 0.6 is 0 Å². The molecule has 0 aliphatic carbocycles. The van der Waals surface area contributed by atoms with E-state index in [4.69, 9.17) is 0 Å². The predicted octanol–water partition coefficient (Wildman–Crippen LogP) is 1.76. The highest BCUT2D eigenvalue weighted by Gasteiger charge is 2.25. The number of hydrogen-bond donors (Lipinski definition) is 3. The van der Waals surface area contributed by atoms with Crippen LogP contribution in [-0.2, 0) is 0 Å². The largest absolute Gasteiger partial charge is 0.394 e. The van der Waals surface area contributed by atoms with Crippen molar-refractivity contribution in [1.29, 1.82) is 0 Å². The molecule has 0 spiro atoms. The molecule has 3 heterocycles. The molecule has 0 aromatic carbocycles. The second-order valence-corrected chi connectivity index (χ2v) is 8.15. The molecule has 2 aromatic heterocycles. The van der Waals surface area contributed by atoms with Gasteiger partial charge in [0, 0.05) is 44.6 Å². The molecule has 1 aliphatic heterocycles. The Bertz CT molecular complexity index is 906. The zero-order valence-corrected chi connectivity index (χ0v) is 18.9. The molecule has 1 aliphatic rings. The third kappa shape index (κ3) is 5.73. The summed E-state index contributed by atoms with van der Waals surface area (Å²) >= 11 is 0. The molecule has 1 saturated heterocycles. The number of aromatic nitrogens is 2. The van der Waals surface area contributed by atoms with Crippen molar-refractivity contribution in [3.05, 3.63) is 47.9 Å². The van der Waals surface area contributed by atoms with Crippen molar-refractivity contribution in [2.24, 2.45) is 0 Å². The lowest BCUT2D eigenvalue weighted by Gasteiger charge is -2.36. The fourth-order valence-corrected chi connectivity index (χ4v) is 3.56. The lowest BCUT2D eigenvalue weighted by atomic mass is 10.2. The topological polar surface area (TPSA) is 111 Å². The number of aliphatic hydroxyl groups is 1. The Morgan fingerprint density at radius 1 is 1.12 bits per heavy atom. The molecule has 0 bridgehead atoms. The Balaban J connectivity index is 1.59. The summed E-state index contributed by atoms with van der Waals surface area (Å²) < 4.78 is 0. The highest BCUT2D eigenvalue weighted by Crippen LogP contribution is 2.24. The molecule has 32 heavy (non-hydrogen) atoms. The van der Waals surface area contributed by atoms with Crippen molar-refractivity contribution in [2.75, 3.05) is 43.0 Å². The van der Waals surface area contributed by atoms with Crippen LogP contribution in [0.1, 0.15) is 48.0 Å². The van der Waals surface area contributed by atoms with Gasteiger partial charge >= 0.3 is 0 Å². The third-order valence-corrected chi connectivity index (χ3v) is 5.39. The van der Waals surface area contributed by atoms with Crippen molar-refractivity contribution in [3.63, 3.8) is 0 Å². The zero-order chi connectivity index (χ0) is 23.1. The van der Waals surface area contributed by atoms with E-state index in [2.05, 4.69) is 39.3 Å². The average Bonchev–Trinajstić information content (AvgIpc) is 2.82. The molecule has 172 valence electrons. The summed E-state index contributed by atoms with van der Waals surface area (Å²) in [6, 6.07) is 7.10. The number of nitrogens with one attached hydrogen (secondary N) is 2. The van der Waals surface area contributed by atoms with Gasteiger partial charge in [-0.25, -0.2) is 4.98 Å². The van der Waals surface area contributed by atoms with Gasteiger partial charge < -0.3 is 25.5 Å². The lowest BCUT2D eigenvalue weighted by molar-refractivity contribution is 0.0739. The molecule has 1 fully saturated rings. The summed E-state index contributed by atoms with van der Waals surface area (Å²) in [5.74, 6) is 0.433. The fourth-order valence-electron chi connectivity index (χ4n) is 3.56. The van der Waals surface area contributed by atoms with Crippen molar-refractivity contribution in [2.45, 2.75) is 39.3 Å². The molecule has 0 saturated carbocycles. The Hall–Kier alpha value is -3.20. The van der Waals surface area contributed by atoms with Gasteiger partial charge in [-0.2, -0.15) is 0 Å². The predicted molar refractivity (Wildman–Crippen MR) is 124 cm³/mol. The van der Waals surface area contributed by atoms with E-state index in [-0.39, 0.29) is 24.5 Å². The Morgan fingerprint density at radius 2 is 1.88 bits per heavy atom. The monoisotopic (exact) mass is 440 g/mol. The van der Waals surface area contributed by atoms with Crippen LogP contribution in [0.3, 0.4) is 0 Å². The molecule has 9 heteroatoms. The number of amides is 2. The Morgan fingerprint density at radius 3 is 2.47 bits per heavy atom. The van der Waals surface area contributed by atoms with Crippen LogP contribution in [-0.4, -0.2) is 76.7 Å². The fraction of sp³-hybridized carbons (Fsp3) is 0.478. The lowest BCUT2D eigenvalue weighted by Crippen LogP contribution is -2.49. The maximum Gasteiger partial charge on any atom is 0.272 e. The molecule has 0 unspecified atom stereocenters. The minimum Gasteiger partial charge on any atom is -0.394 e. The summed E-state index contributed by atoms with van der Waals surface area (Å²) in [4.78, 5) is 37.8. The summed E-state index contributed by atoms with van der Waals surface area (Å²) in [7, 11) is 0. The second kappa shape index (κ2) is 10.9. The number of anilines is 2. The first-order valence-corrected chi connectivity index (χ1v) is 11.1. The van der Waals surface area contributed by atoms with Crippen LogP contribution in [0.5, 0.6) is 0 Å². The number of piperazine rings is 1. The SMILES string of the molecule is CC[C@@H](CO)NC(=O)c1ccc(C(=O)N2CCN(c3ncccc3NC(C)C)CC2)nc1. The highest BCUT2D eigenvalue weighted by atomic mass is 16.3. The van der Waals surface area contributed by atoms with Gasteiger partial charge in [-0.15, -0.1) is 0 Å². The van der Waals surface area contributed by atoms with Gasteiger partial charge in [-0.3, -0.25) is 14.6 Å². The standard InChI is InChI=1S/C23H32N6O3/c1-4-18(15-30)27-22(31)17-7-8-20(25-14-17)23(32)29-12-10-28(11-13-29)21-19(26-16(2)3)6-5-9-24-21/h5-9,14,16,18,26,30H,4,10-13,15H2,1-3H3,(H,27,31)/t18-/m0/s1. The molecule has 2 aromatic rings. The molecular formula is C23H32N6O3. The van der Waals surface area contributed by atoms with E-state index in [0.717, 1.165) is 11.5 Å².